The number of phenolic OH excluding ortho intramolecular Hbond substituents is 1. The van der Waals surface area contributed by atoms with Gasteiger partial charge in [-0.25, -0.2) is 0 Å². The van der Waals surface area contributed by atoms with Gasteiger partial charge in [0.2, 0.25) is 0 Å². The van der Waals surface area contributed by atoms with Crippen LogP contribution in [0.2, 0.25) is 0 Å². The van der Waals surface area contributed by atoms with Crippen LogP contribution in [0.25, 0.3) is 0 Å². The Balaban J connectivity index is 2.54. The molecule has 1 aliphatic rings. The van der Waals surface area contributed by atoms with Gasteiger partial charge in [-0.3, -0.25) is 4.79 Å². The number of nitrogens with two attached hydrogens (primary N) is 1. The number of Topliss-reactive ketones (excluding diaryl/α,β-unsaturated/α-hetero) is 1. The fourth-order valence-electron chi connectivity index (χ4n) is 1.69. The minimum Gasteiger partial charge on any atom is -0.505 e. The Bertz CT molecular complexity index is 371. The van der Waals surface area contributed by atoms with Crippen molar-refractivity contribution in [1.29, 1.82) is 0 Å². The van der Waals surface area contributed by atoms with Crippen molar-refractivity contribution < 1.29 is 9.90 Å². The van der Waals surface area contributed by atoms with E-state index in [1.807, 2.05) is 6.07 Å². The van der Waals surface area contributed by atoms with E-state index in [1.165, 1.54) is 0 Å². The fourth-order valence-corrected chi connectivity index (χ4v) is 1.69. The zero-order valence-corrected chi connectivity index (χ0v) is 7.21. The van der Waals surface area contributed by atoms with Crippen molar-refractivity contribution in [2.45, 2.75) is 19.3 Å². The molecule has 1 aromatic carbocycles. The molecular formula is C10H11NO2. The molecule has 0 spiro atoms. The molecule has 0 saturated carbocycles. The molecule has 0 aliphatic heterocycles. The van der Waals surface area contributed by atoms with E-state index in [1.54, 1.807) is 6.07 Å². The number of aryl methyl sites for hydroxylation is 1. The van der Waals surface area contributed by atoms with Gasteiger partial charge in [0.05, 0.1) is 5.69 Å². The smallest absolute Gasteiger partial charge is 0.142 e. The van der Waals surface area contributed by atoms with Gasteiger partial charge in [0.1, 0.15) is 11.5 Å². The fraction of sp³-hybridized carbons (Fsp3) is 0.300. The lowest BCUT2D eigenvalue weighted by Gasteiger charge is -2.16. The molecule has 0 saturated heterocycles. The molecule has 0 atom stereocenters. The summed E-state index contributed by atoms with van der Waals surface area (Å²) in [5.41, 5.74) is 7.65. The van der Waals surface area contributed by atoms with Crippen LogP contribution >= 0.6 is 0 Å². The number of benzene rings is 1. The highest BCUT2D eigenvalue weighted by atomic mass is 16.3. The third-order valence-corrected chi connectivity index (χ3v) is 2.46. The monoisotopic (exact) mass is 177 g/mol. The highest BCUT2D eigenvalue weighted by Gasteiger charge is 2.19. The van der Waals surface area contributed by atoms with Crippen molar-refractivity contribution >= 4 is 11.5 Å². The van der Waals surface area contributed by atoms with Crippen LogP contribution in [0.1, 0.15) is 17.5 Å². The van der Waals surface area contributed by atoms with Crippen LogP contribution in [0.4, 0.5) is 5.69 Å². The number of rotatable bonds is 0. The van der Waals surface area contributed by atoms with Gasteiger partial charge >= 0.3 is 0 Å². The van der Waals surface area contributed by atoms with E-state index in [-0.39, 0.29) is 11.5 Å². The number of ketones is 1. The Morgan fingerprint density at radius 3 is 2.85 bits per heavy atom. The van der Waals surface area contributed by atoms with E-state index in [2.05, 4.69) is 0 Å². The number of hydrogen-bond donors (Lipinski definition) is 2. The number of carbonyl (C=O) groups is 1. The largest absolute Gasteiger partial charge is 0.505 e. The van der Waals surface area contributed by atoms with Crippen molar-refractivity contribution in [3.63, 3.8) is 0 Å². The first kappa shape index (κ1) is 8.10. The summed E-state index contributed by atoms with van der Waals surface area (Å²) in [6.07, 6.45) is 1.63. The highest BCUT2D eigenvalue weighted by molar-refractivity contribution is 5.85. The van der Waals surface area contributed by atoms with Gasteiger partial charge < -0.3 is 10.8 Å². The van der Waals surface area contributed by atoms with E-state index in [0.29, 0.717) is 18.5 Å². The Morgan fingerprint density at radius 2 is 2.08 bits per heavy atom. The molecule has 13 heavy (non-hydrogen) atoms. The molecule has 3 heteroatoms. The molecular weight excluding hydrogens is 166 g/mol. The topological polar surface area (TPSA) is 63.3 Å². The molecule has 0 aromatic heterocycles. The number of phenols is 1. The third kappa shape index (κ3) is 1.26. The summed E-state index contributed by atoms with van der Waals surface area (Å²) in [6.45, 7) is 0. The summed E-state index contributed by atoms with van der Waals surface area (Å²) in [6, 6.07) is 3.57. The van der Waals surface area contributed by atoms with Gasteiger partial charge in [0.15, 0.2) is 0 Å². The maximum Gasteiger partial charge on any atom is 0.142 e. The second kappa shape index (κ2) is 2.76. The van der Waals surface area contributed by atoms with E-state index in [0.717, 1.165) is 17.5 Å². The standard InChI is InChI=1S/C10H11NO2/c11-9-4-2-6-1-3-7(12)5-8(6)10(9)13/h2,4,13H,1,3,5,11H2. The van der Waals surface area contributed by atoms with Crippen LogP contribution < -0.4 is 5.73 Å². The molecule has 1 aliphatic carbocycles. The van der Waals surface area contributed by atoms with Gasteiger partial charge in [-0.05, 0) is 18.1 Å². The molecule has 0 fully saturated rings. The van der Waals surface area contributed by atoms with E-state index < -0.39 is 0 Å². The van der Waals surface area contributed by atoms with Crippen LogP contribution in [0.15, 0.2) is 12.1 Å². The molecule has 0 amide bonds. The van der Waals surface area contributed by atoms with Crippen LogP contribution in [0.3, 0.4) is 0 Å². The average Bonchev–Trinajstić information content (AvgIpc) is 2.12. The van der Waals surface area contributed by atoms with Crippen molar-refractivity contribution in [3.05, 3.63) is 23.3 Å². The average molecular weight is 177 g/mol. The summed E-state index contributed by atoms with van der Waals surface area (Å²) >= 11 is 0. The van der Waals surface area contributed by atoms with E-state index in [9.17, 15) is 9.90 Å². The van der Waals surface area contributed by atoms with Crippen molar-refractivity contribution in [1.82, 2.24) is 0 Å². The Kier molecular flexibility index (Phi) is 1.72. The summed E-state index contributed by atoms with van der Waals surface area (Å²) in [4.78, 5) is 11.1. The quantitative estimate of drug-likeness (QED) is 0.459. The van der Waals surface area contributed by atoms with Gasteiger partial charge in [0, 0.05) is 18.4 Å². The number of hydrogen-bond acceptors (Lipinski definition) is 3. The summed E-state index contributed by atoms with van der Waals surface area (Å²) in [7, 11) is 0. The van der Waals surface area contributed by atoms with Gasteiger partial charge in [-0.1, -0.05) is 6.07 Å². The lowest BCUT2D eigenvalue weighted by atomic mass is 9.90. The summed E-state index contributed by atoms with van der Waals surface area (Å²) in [5, 5.41) is 9.58. The predicted molar refractivity (Wildman–Crippen MR) is 49.6 cm³/mol. The first-order valence-electron chi connectivity index (χ1n) is 4.29. The molecule has 1 aromatic rings. The maximum absolute atomic E-state index is 11.1. The maximum atomic E-state index is 11.1. The van der Waals surface area contributed by atoms with Crippen LogP contribution in [-0.4, -0.2) is 10.9 Å². The highest BCUT2D eigenvalue weighted by Crippen LogP contribution is 2.32. The minimum absolute atomic E-state index is 0.0885. The zero-order chi connectivity index (χ0) is 9.42. The van der Waals surface area contributed by atoms with Gasteiger partial charge in [-0.2, -0.15) is 0 Å². The molecule has 2 rings (SSSR count). The zero-order valence-electron chi connectivity index (χ0n) is 7.21. The summed E-state index contributed by atoms with van der Waals surface area (Å²) < 4.78 is 0. The molecule has 0 heterocycles. The second-order valence-electron chi connectivity index (χ2n) is 3.36. The Labute approximate surface area is 76.2 Å². The SMILES string of the molecule is Nc1ccc2c(c1O)CC(=O)CC2. The van der Waals surface area contributed by atoms with Crippen molar-refractivity contribution in [3.8, 4) is 5.75 Å². The number of anilines is 1. The molecule has 3 nitrogen and oxygen atoms in total. The van der Waals surface area contributed by atoms with Crippen molar-refractivity contribution in [2.24, 2.45) is 0 Å². The van der Waals surface area contributed by atoms with E-state index >= 15 is 0 Å². The number of carbonyl (C=O) groups excluding carboxylic acids is 1. The normalized spacial score (nSPS) is 15.5. The molecule has 0 unspecified atom stereocenters. The van der Waals surface area contributed by atoms with Crippen LogP contribution in [0, 0.1) is 0 Å². The Hall–Kier alpha value is -1.51. The third-order valence-electron chi connectivity index (χ3n) is 2.46. The van der Waals surface area contributed by atoms with Gasteiger partial charge in [-0.15, -0.1) is 0 Å². The first-order valence-corrected chi connectivity index (χ1v) is 4.29. The Morgan fingerprint density at radius 1 is 1.31 bits per heavy atom. The van der Waals surface area contributed by atoms with Crippen LogP contribution in [0.5, 0.6) is 5.75 Å². The summed E-state index contributed by atoms with van der Waals surface area (Å²) in [5.74, 6) is 0.263. The van der Waals surface area contributed by atoms with Gasteiger partial charge in [0.25, 0.3) is 0 Å². The second-order valence-corrected chi connectivity index (χ2v) is 3.36. The lowest BCUT2D eigenvalue weighted by molar-refractivity contribution is -0.118. The number of fused-ring (bicyclic) bond motifs is 1. The van der Waals surface area contributed by atoms with E-state index in [4.69, 9.17) is 5.73 Å². The predicted octanol–water partition coefficient (Wildman–Crippen LogP) is 1.03. The molecule has 68 valence electrons. The number of aromatic hydroxyl groups is 1. The first-order chi connectivity index (χ1) is 6.18. The lowest BCUT2D eigenvalue weighted by Crippen LogP contribution is -2.13. The number of nitrogen functional groups attached to an aromatic ring is 1. The van der Waals surface area contributed by atoms with Crippen LogP contribution in [-0.2, 0) is 17.6 Å². The molecule has 0 radical (unpaired) electrons. The van der Waals surface area contributed by atoms with Crippen molar-refractivity contribution in [2.75, 3.05) is 5.73 Å². The molecule has 0 bridgehead atoms. The minimum atomic E-state index is 0.0885. The molecule has 3 N–H and O–H groups in total.